The van der Waals surface area contributed by atoms with Gasteiger partial charge in [-0.25, -0.2) is 0 Å². The fourth-order valence-electron chi connectivity index (χ4n) is 2.40. The fourth-order valence-corrected chi connectivity index (χ4v) is 2.40. The third kappa shape index (κ3) is 3.96. The smallest absolute Gasteiger partial charge is 0.225 e. The van der Waals surface area contributed by atoms with Gasteiger partial charge in [0.25, 0.3) is 0 Å². The van der Waals surface area contributed by atoms with Gasteiger partial charge in [-0.2, -0.15) is 0 Å². The van der Waals surface area contributed by atoms with Crippen LogP contribution in [0.5, 0.6) is 0 Å². The first-order valence-electron chi connectivity index (χ1n) is 6.83. The molecular formula is C13H27N3O. The van der Waals surface area contributed by atoms with Gasteiger partial charge in [-0.1, -0.05) is 20.3 Å². The predicted octanol–water partition coefficient (Wildman–Crippen LogP) is 0.914. The summed E-state index contributed by atoms with van der Waals surface area (Å²) in [5, 5.41) is 0. The number of carbonyl (C=O) groups excluding carboxylic acids is 1. The van der Waals surface area contributed by atoms with E-state index in [1.807, 2.05) is 11.8 Å². The largest absolute Gasteiger partial charge is 0.340 e. The maximum absolute atomic E-state index is 12.1. The molecule has 0 radical (unpaired) electrons. The lowest BCUT2D eigenvalue weighted by molar-refractivity contribution is -0.137. The van der Waals surface area contributed by atoms with Gasteiger partial charge in [0.05, 0.1) is 0 Å². The van der Waals surface area contributed by atoms with Gasteiger partial charge in [0, 0.05) is 44.7 Å². The first-order chi connectivity index (χ1) is 8.10. The van der Waals surface area contributed by atoms with Crippen LogP contribution in [-0.4, -0.2) is 54.5 Å². The van der Waals surface area contributed by atoms with Crippen LogP contribution in [0.3, 0.4) is 0 Å². The molecule has 1 saturated heterocycles. The van der Waals surface area contributed by atoms with E-state index in [2.05, 4.69) is 18.7 Å². The maximum atomic E-state index is 12.1. The van der Waals surface area contributed by atoms with Crippen molar-refractivity contribution in [3.63, 3.8) is 0 Å². The van der Waals surface area contributed by atoms with Gasteiger partial charge in [0.1, 0.15) is 0 Å². The standard InChI is InChI=1S/C13H27N3O/c1-4-5-11(2)13(17)16-8-6-15(7-9-16)12(3)10-14/h11-12H,4-10,14H2,1-3H3. The molecule has 0 aromatic heterocycles. The molecule has 2 atom stereocenters. The van der Waals surface area contributed by atoms with Crippen LogP contribution >= 0.6 is 0 Å². The van der Waals surface area contributed by atoms with E-state index in [0.717, 1.165) is 39.0 Å². The molecule has 2 unspecified atom stereocenters. The highest BCUT2D eigenvalue weighted by molar-refractivity contribution is 5.78. The van der Waals surface area contributed by atoms with Crippen molar-refractivity contribution >= 4 is 5.91 Å². The molecule has 17 heavy (non-hydrogen) atoms. The van der Waals surface area contributed by atoms with Crippen LogP contribution in [0.25, 0.3) is 0 Å². The molecule has 1 rings (SSSR count). The van der Waals surface area contributed by atoms with Gasteiger partial charge < -0.3 is 10.6 Å². The van der Waals surface area contributed by atoms with Crippen molar-refractivity contribution < 1.29 is 4.79 Å². The maximum Gasteiger partial charge on any atom is 0.225 e. The Balaban J connectivity index is 2.38. The summed E-state index contributed by atoms with van der Waals surface area (Å²) in [4.78, 5) is 16.5. The molecule has 2 N–H and O–H groups in total. The van der Waals surface area contributed by atoms with Crippen molar-refractivity contribution in [3.8, 4) is 0 Å². The van der Waals surface area contributed by atoms with Crippen molar-refractivity contribution in [2.24, 2.45) is 11.7 Å². The van der Waals surface area contributed by atoms with E-state index in [4.69, 9.17) is 5.73 Å². The summed E-state index contributed by atoms with van der Waals surface area (Å²) in [6.07, 6.45) is 2.08. The van der Waals surface area contributed by atoms with Gasteiger partial charge in [0.15, 0.2) is 0 Å². The highest BCUT2D eigenvalue weighted by atomic mass is 16.2. The summed E-state index contributed by atoms with van der Waals surface area (Å²) in [7, 11) is 0. The van der Waals surface area contributed by atoms with Gasteiger partial charge >= 0.3 is 0 Å². The van der Waals surface area contributed by atoms with E-state index in [1.54, 1.807) is 0 Å². The minimum Gasteiger partial charge on any atom is -0.340 e. The van der Waals surface area contributed by atoms with E-state index < -0.39 is 0 Å². The minimum atomic E-state index is 0.179. The topological polar surface area (TPSA) is 49.6 Å². The molecule has 0 aromatic carbocycles. The van der Waals surface area contributed by atoms with Gasteiger partial charge in [-0.05, 0) is 13.3 Å². The second kappa shape index (κ2) is 6.97. The van der Waals surface area contributed by atoms with Crippen LogP contribution in [0.2, 0.25) is 0 Å². The fraction of sp³-hybridized carbons (Fsp3) is 0.923. The Hall–Kier alpha value is -0.610. The number of rotatable bonds is 5. The number of nitrogens with zero attached hydrogens (tertiary/aromatic N) is 2. The van der Waals surface area contributed by atoms with Gasteiger partial charge in [-0.3, -0.25) is 9.69 Å². The van der Waals surface area contributed by atoms with E-state index in [-0.39, 0.29) is 5.92 Å². The molecule has 1 amide bonds. The average molecular weight is 241 g/mol. The van der Waals surface area contributed by atoms with Crippen molar-refractivity contribution in [1.82, 2.24) is 9.80 Å². The van der Waals surface area contributed by atoms with Crippen molar-refractivity contribution in [2.75, 3.05) is 32.7 Å². The first kappa shape index (κ1) is 14.5. The Morgan fingerprint density at radius 1 is 1.24 bits per heavy atom. The quantitative estimate of drug-likeness (QED) is 0.778. The first-order valence-corrected chi connectivity index (χ1v) is 6.83. The van der Waals surface area contributed by atoms with E-state index in [9.17, 15) is 4.79 Å². The van der Waals surface area contributed by atoms with Crippen molar-refractivity contribution in [1.29, 1.82) is 0 Å². The number of amides is 1. The highest BCUT2D eigenvalue weighted by Crippen LogP contribution is 2.13. The van der Waals surface area contributed by atoms with E-state index in [0.29, 0.717) is 18.5 Å². The number of carbonyl (C=O) groups is 1. The molecule has 0 aliphatic carbocycles. The molecule has 100 valence electrons. The van der Waals surface area contributed by atoms with Crippen LogP contribution in [-0.2, 0) is 4.79 Å². The van der Waals surface area contributed by atoms with Crippen molar-refractivity contribution in [3.05, 3.63) is 0 Å². The number of piperazine rings is 1. The normalized spacial score (nSPS) is 21.3. The Morgan fingerprint density at radius 3 is 2.29 bits per heavy atom. The Bertz CT molecular complexity index is 237. The molecule has 1 fully saturated rings. The summed E-state index contributed by atoms with van der Waals surface area (Å²) in [5.74, 6) is 0.505. The lowest BCUT2D eigenvalue weighted by atomic mass is 10.0. The van der Waals surface area contributed by atoms with Crippen LogP contribution in [0.15, 0.2) is 0 Å². The number of hydrogen-bond acceptors (Lipinski definition) is 3. The molecule has 0 saturated carbocycles. The molecule has 4 nitrogen and oxygen atoms in total. The third-order valence-electron chi connectivity index (χ3n) is 3.73. The summed E-state index contributed by atoms with van der Waals surface area (Å²) in [5.41, 5.74) is 5.66. The average Bonchev–Trinajstić information content (AvgIpc) is 2.37. The SMILES string of the molecule is CCCC(C)C(=O)N1CCN(C(C)CN)CC1. The summed E-state index contributed by atoms with van der Waals surface area (Å²) >= 11 is 0. The minimum absolute atomic E-state index is 0.179. The zero-order valence-electron chi connectivity index (χ0n) is 11.5. The Morgan fingerprint density at radius 2 is 1.82 bits per heavy atom. The summed E-state index contributed by atoms with van der Waals surface area (Å²) in [6.45, 7) is 10.7. The second-order valence-corrected chi connectivity index (χ2v) is 5.14. The molecule has 1 aliphatic rings. The zero-order valence-corrected chi connectivity index (χ0v) is 11.5. The monoisotopic (exact) mass is 241 g/mol. The molecule has 0 aromatic rings. The number of nitrogens with two attached hydrogens (primary N) is 1. The predicted molar refractivity (Wildman–Crippen MR) is 70.7 cm³/mol. The highest BCUT2D eigenvalue weighted by Gasteiger charge is 2.25. The molecule has 0 bridgehead atoms. The van der Waals surface area contributed by atoms with Gasteiger partial charge in [-0.15, -0.1) is 0 Å². The third-order valence-corrected chi connectivity index (χ3v) is 3.73. The van der Waals surface area contributed by atoms with Crippen LogP contribution < -0.4 is 5.73 Å². The summed E-state index contributed by atoms with van der Waals surface area (Å²) in [6, 6.07) is 0.431. The van der Waals surface area contributed by atoms with Crippen molar-refractivity contribution in [2.45, 2.75) is 39.7 Å². The van der Waals surface area contributed by atoms with E-state index >= 15 is 0 Å². The van der Waals surface area contributed by atoms with Crippen LogP contribution in [0.1, 0.15) is 33.6 Å². The molecular weight excluding hydrogens is 214 g/mol. The second-order valence-electron chi connectivity index (χ2n) is 5.14. The molecule has 4 heteroatoms. The Labute approximate surface area is 105 Å². The molecule has 1 aliphatic heterocycles. The molecule has 0 spiro atoms. The molecule has 1 heterocycles. The lowest BCUT2D eigenvalue weighted by Gasteiger charge is -2.38. The van der Waals surface area contributed by atoms with Gasteiger partial charge in [0.2, 0.25) is 5.91 Å². The zero-order chi connectivity index (χ0) is 12.8. The number of hydrogen-bond donors (Lipinski definition) is 1. The Kier molecular flexibility index (Phi) is 5.92. The summed E-state index contributed by atoms with van der Waals surface area (Å²) < 4.78 is 0. The van der Waals surface area contributed by atoms with Crippen LogP contribution in [0.4, 0.5) is 0 Å². The lowest BCUT2D eigenvalue weighted by Crippen LogP contribution is -2.53. The van der Waals surface area contributed by atoms with E-state index in [1.165, 1.54) is 0 Å². The van der Waals surface area contributed by atoms with Crippen LogP contribution in [0, 0.1) is 5.92 Å².